The second-order valence-corrected chi connectivity index (χ2v) is 34.0. The topological polar surface area (TPSA) is 225 Å². The fourth-order valence-electron chi connectivity index (χ4n) is 15.9. The van der Waals surface area contributed by atoms with Crippen LogP contribution in [0.5, 0.6) is 17.2 Å². The third kappa shape index (κ3) is 26.2. The van der Waals surface area contributed by atoms with Gasteiger partial charge in [-0.25, -0.2) is 8.78 Å². The van der Waals surface area contributed by atoms with Gasteiger partial charge in [0.05, 0.1) is 7.11 Å². The van der Waals surface area contributed by atoms with Crippen LogP contribution in [-0.4, -0.2) is 158 Å². The monoisotopic (exact) mass is 1790 g/mol. The number of nitrogens with one attached hydrogen (secondary N) is 8. The SMILES string of the molecule is CN(C)CCCn1ccc2cc(Nc3cccc(C(=O)Nc4ccc5c(c4)OCO5)c3)ccc21.CN(C)CCCn1ccc2cc(Nc3cccc(C(=O)Nc4cccc(F)c4)c3)ccc21.COc1cccc(NC(=O)c2cccc(Nc3ccc4c(ccn4CCCN(C)C)c3)c2)c1.Cc1c(C)n(CCCN(C)C)c2ccc(Nc3cccc(C(=O)Nc4ccc(F)cc4)c3)cc12. The molecule has 17 rings (SSSR count). The average molecular weight is 1790 g/mol. The van der Waals surface area contributed by atoms with Gasteiger partial charge in [-0.1, -0.05) is 36.4 Å². The van der Waals surface area contributed by atoms with E-state index < -0.39 is 0 Å². The van der Waals surface area contributed by atoms with Crippen LogP contribution >= 0.6 is 0 Å². The number of halogens is 2. The van der Waals surface area contributed by atoms with Crippen LogP contribution in [0.3, 0.4) is 0 Å². The van der Waals surface area contributed by atoms with Crippen LogP contribution in [0.25, 0.3) is 43.6 Å². The van der Waals surface area contributed by atoms with E-state index in [0.717, 1.165) is 124 Å². The van der Waals surface area contributed by atoms with E-state index in [9.17, 15) is 28.0 Å². The Balaban J connectivity index is 0.000000143. The Morgan fingerprint density at radius 2 is 0.669 bits per heavy atom. The number of ether oxygens (including phenoxy) is 3. The van der Waals surface area contributed by atoms with Crippen molar-refractivity contribution in [2.24, 2.45) is 0 Å². The lowest BCUT2D eigenvalue weighted by Crippen LogP contribution is -2.15. The Hall–Kier alpha value is -15.0. The van der Waals surface area contributed by atoms with Gasteiger partial charge < -0.3 is 94.6 Å². The van der Waals surface area contributed by atoms with Crippen LogP contribution in [0, 0.1) is 25.5 Å². The number of hydrogen-bond donors (Lipinski definition) is 8. The van der Waals surface area contributed by atoms with Gasteiger partial charge in [0.25, 0.3) is 23.6 Å². The Morgan fingerprint density at radius 1 is 0.331 bits per heavy atom. The van der Waals surface area contributed by atoms with Crippen molar-refractivity contribution in [1.82, 2.24) is 37.9 Å². The molecule has 0 aliphatic carbocycles. The predicted octanol–water partition coefficient (Wildman–Crippen LogP) is 23.0. The molecule has 0 radical (unpaired) electrons. The smallest absolute Gasteiger partial charge is 0.255 e. The largest absolute Gasteiger partial charge is 0.497 e. The van der Waals surface area contributed by atoms with Gasteiger partial charge in [0.1, 0.15) is 17.4 Å². The lowest BCUT2D eigenvalue weighted by atomic mass is 10.1. The van der Waals surface area contributed by atoms with Crippen LogP contribution in [0.1, 0.15) is 78.4 Å². The second-order valence-electron chi connectivity index (χ2n) is 34.0. The first-order chi connectivity index (χ1) is 64.3. The second kappa shape index (κ2) is 45.0. The number of carbonyl (C=O) groups is 4. The molecule has 0 fully saturated rings. The Kier molecular flexibility index (Phi) is 31.8. The van der Waals surface area contributed by atoms with Gasteiger partial charge in [0.15, 0.2) is 11.5 Å². The highest BCUT2D eigenvalue weighted by Gasteiger charge is 2.19. The Labute approximate surface area is 775 Å². The van der Waals surface area contributed by atoms with Crippen molar-refractivity contribution in [2.75, 3.05) is 139 Å². The highest BCUT2D eigenvalue weighted by atomic mass is 19.1. The number of hydrogen-bond acceptors (Lipinski definition) is 15. The lowest BCUT2D eigenvalue weighted by Gasteiger charge is -2.13. The first-order valence-electron chi connectivity index (χ1n) is 44.6. The molecule has 133 heavy (non-hydrogen) atoms. The van der Waals surface area contributed by atoms with Gasteiger partial charge in [-0.2, -0.15) is 0 Å². The summed E-state index contributed by atoms with van der Waals surface area (Å²) in [4.78, 5) is 59.6. The molecule has 8 N–H and O–H groups in total. The third-order valence-corrected chi connectivity index (χ3v) is 22.7. The molecule has 12 aromatic carbocycles. The maximum atomic E-state index is 13.4. The first-order valence-corrected chi connectivity index (χ1v) is 44.6. The molecule has 0 bridgehead atoms. The summed E-state index contributed by atoms with van der Waals surface area (Å²) in [5.41, 5.74) is 19.2. The van der Waals surface area contributed by atoms with Crippen molar-refractivity contribution >= 4 is 135 Å². The van der Waals surface area contributed by atoms with E-state index in [2.05, 4.69) is 254 Å². The van der Waals surface area contributed by atoms with Crippen LogP contribution < -0.4 is 56.7 Å². The summed E-state index contributed by atoms with van der Waals surface area (Å²) in [5.74, 6) is 0.405. The summed E-state index contributed by atoms with van der Waals surface area (Å²) in [6.45, 7) is 12.8. The molecule has 4 amide bonds. The van der Waals surface area contributed by atoms with Crippen molar-refractivity contribution < 1.29 is 42.2 Å². The van der Waals surface area contributed by atoms with E-state index in [4.69, 9.17) is 14.2 Å². The maximum Gasteiger partial charge on any atom is 0.255 e. The molecular weight excluding hydrogens is 1670 g/mol. The summed E-state index contributed by atoms with van der Waals surface area (Å²) in [5, 5.41) is 29.8. The molecule has 684 valence electrons. The number of nitrogens with zero attached hydrogens (tertiary/aromatic N) is 8. The molecule has 0 atom stereocenters. The van der Waals surface area contributed by atoms with Crippen molar-refractivity contribution in [1.29, 1.82) is 0 Å². The summed E-state index contributed by atoms with van der Waals surface area (Å²) in [6, 6.07) is 85.6. The molecule has 23 nitrogen and oxygen atoms in total. The standard InChI is InChI=1S/C28H31FN4O.C27H28N4O3.C27H30N4O2.C26H27FN4O/c1-19-20(2)33(16-6-15-32(3)4)27-14-13-25(18-26(19)27)30-24-8-5-7-21(17-24)28(34)31-23-11-9-22(29)10-12-23;1-30(2)12-4-13-31-14-11-19-15-22(7-9-24(19)31)28-21-6-3-5-20(16-21)27(32)29-23-8-10-25-26(17-23)34-18-33-25;1-30(2)14-6-15-31-16-13-20-17-24(11-12-26(20)31)28-22-8-4-7-21(18-22)27(32)29-23-9-5-10-25(19-23)33-3;1-30(2)13-5-14-31-15-12-19-16-24(10-11-25(19)31)28-22-8-3-6-20(17-22)26(32)29-23-9-4-7-21(27)18-23/h5,7-14,17-18,30H,6,15-16H2,1-4H3,(H,31,34);3,5-11,14-17,28H,4,12-13,18H2,1-2H3,(H,29,32);4-5,7-13,16-19,28H,6,14-15H2,1-3H3,(H,29,32);3-4,6-12,15-18,28H,5,13-14H2,1-2H3,(H,29,32). The molecular formula is C108H116F2N16O7. The predicted molar refractivity (Wildman–Crippen MR) is 539 cm³/mol. The lowest BCUT2D eigenvalue weighted by molar-refractivity contribution is 0.101. The fourth-order valence-corrected chi connectivity index (χ4v) is 15.9. The van der Waals surface area contributed by atoms with Gasteiger partial charge in [0, 0.05) is 197 Å². The van der Waals surface area contributed by atoms with Crippen molar-refractivity contribution in [3.8, 4) is 17.2 Å². The molecule has 0 saturated carbocycles. The van der Waals surface area contributed by atoms with Gasteiger partial charge in [-0.3, -0.25) is 19.2 Å². The van der Waals surface area contributed by atoms with Crippen molar-refractivity contribution in [2.45, 2.75) is 65.7 Å². The maximum absolute atomic E-state index is 13.4. The van der Waals surface area contributed by atoms with Gasteiger partial charge in [-0.15, -0.1) is 0 Å². The molecule has 0 unspecified atom stereocenters. The minimum atomic E-state index is -0.389. The number of amides is 4. The quantitative estimate of drug-likeness (QED) is 0.0192. The highest BCUT2D eigenvalue weighted by Crippen LogP contribution is 2.37. The highest BCUT2D eigenvalue weighted by molar-refractivity contribution is 6.08. The van der Waals surface area contributed by atoms with Crippen LogP contribution in [0.15, 0.2) is 298 Å². The number of benzene rings is 12. The van der Waals surface area contributed by atoms with Gasteiger partial charge >= 0.3 is 0 Å². The molecule has 1 aliphatic heterocycles. The molecule has 16 aromatic rings. The molecule has 4 aromatic heterocycles. The summed E-state index contributed by atoms with van der Waals surface area (Å²) in [6.07, 6.45) is 10.8. The fraction of sp³-hybridized carbons (Fsp3) is 0.222. The summed E-state index contributed by atoms with van der Waals surface area (Å²) in [7, 11) is 18.4. The number of carbonyl (C=O) groups excluding carboxylic acids is 4. The van der Waals surface area contributed by atoms with Crippen LogP contribution in [-0.2, 0) is 26.2 Å². The van der Waals surface area contributed by atoms with Crippen molar-refractivity contribution in [3.63, 3.8) is 0 Å². The number of fused-ring (bicyclic) bond motifs is 5. The summed E-state index contributed by atoms with van der Waals surface area (Å²) >= 11 is 0. The first kappa shape index (κ1) is 94.1. The number of aromatic nitrogens is 4. The third-order valence-electron chi connectivity index (χ3n) is 22.7. The van der Waals surface area contributed by atoms with E-state index >= 15 is 0 Å². The van der Waals surface area contributed by atoms with Crippen LogP contribution in [0.2, 0.25) is 0 Å². The van der Waals surface area contributed by atoms with E-state index in [1.807, 2.05) is 91.0 Å². The normalized spacial score (nSPS) is 11.4. The molecule has 0 spiro atoms. The summed E-state index contributed by atoms with van der Waals surface area (Å²) < 4.78 is 51.7. The minimum Gasteiger partial charge on any atom is -0.497 e. The number of rotatable bonds is 33. The minimum absolute atomic E-state index is 0.169. The molecule has 1 aliphatic rings. The molecule has 0 saturated heterocycles. The zero-order valence-corrected chi connectivity index (χ0v) is 77.2. The van der Waals surface area contributed by atoms with E-state index in [1.54, 1.807) is 86.0 Å². The Bertz CT molecular complexity index is 6710. The average Bonchev–Trinajstić information content (AvgIpc) is 1.62. The zero-order chi connectivity index (χ0) is 93.4. The van der Waals surface area contributed by atoms with Gasteiger partial charge in [0.2, 0.25) is 6.79 Å². The zero-order valence-electron chi connectivity index (χ0n) is 77.2. The van der Waals surface area contributed by atoms with Gasteiger partial charge in [-0.05, 0) is 358 Å². The molecule has 25 heteroatoms. The number of methoxy groups -OCH3 is 1. The number of anilines is 12. The van der Waals surface area contributed by atoms with E-state index in [0.29, 0.717) is 62.3 Å². The Morgan fingerprint density at radius 3 is 1.08 bits per heavy atom. The number of aryl methyl sites for hydroxylation is 5. The molecule has 5 heterocycles. The van der Waals surface area contributed by atoms with E-state index in [-0.39, 0.29) is 42.1 Å². The van der Waals surface area contributed by atoms with Crippen molar-refractivity contribution in [3.05, 3.63) is 343 Å². The van der Waals surface area contributed by atoms with E-state index in [1.165, 1.54) is 79.1 Å². The van der Waals surface area contributed by atoms with Crippen LogP contribution in [0.4, 0.5) is 77.0 Å².